The van der Waals surface area contributed by atoms with Crippen LogP contribution in [0, 0.1) is 5.82 Å². The molecule has 0 unspecified atom stereocenters. The number of oxime groups is 1. The Morgan fingerprint density at radius 2 is 1.74 bits per heavy atom. The molecule has 2 aromatic carbocycles. The Balaban J connectivity index is 1.44. The summed E-state index contributed by atoms with van der Waals surface area (Å²) in [6.45, 7) is 0.223. The number of piperidine rings is 1. The highest BCUT2D eigenvalue weighted by atomic mass is 32.2. The lowest BCUT2D eigenvalue weighted by molar-refractivity contribution is -0.144. The van der Waals surface area contributed by atoms with E-state index in [1.54, 1.807) is 0 Å². The highest BCUT2D eigenvalue weighted by Crippen LogP contribution is 2.31. The summed E-state index contributed by atoms with van der Waals surface area (Å²) in [7, 11) is -4.10. The molecule has 0 N–H and O–H groups in total. The second-order valence-corrected chi connectivity index (χ2v) is 9.39. The highest BCUT2D eigenvalue weighted by Gasteiger charge is 2.33. The lowest BCUT2D eigenvalue weighted by atomic mass is 10.1. The summed E-state index contributed by atoms with van der Waals surface area (Å²) in [5, 5.41) is 3.78. The third-order valence-electron chi connectivity index (χ3n) is 4.98. The Bertz CT molecular complexity index is 1120. The van der Waals surface area contributed by atoms with Crippen LogP contribution in [0.15, 0.2) is 58.6 Å². The molecular weight excluding hydrogens is 480 g/mol. The maximum atomic E-state index is 12.9. The van der Waals surface area contributed by atoms with Crippen molar-refractivity contribution in [1.82, 2.24) is 4.31 Å². The molecule has 12 heteroatoms. The molecule has 1 saturated heterocycles. The number of hydrogen-bond acceptors (Lipinski definition) is 6. The van der Waals surface area contributed by atoms with Crippen molar-refractivity contribution in [2.45, 2.75) is 36.8 Å². The molecule has 34 heavy (non-hydrogen) atoms. The van der Waals surface area contributed by atoms with Gasteiger partial charge in [-0.3, -0.25) is 0 Å². The average molecular weight is 502 g/mol. The zero-order valence-electron chi connectivity index (χ0n) is 17.9. The standard InChI is InChI=1S/C22H22F4N2O5S/c23-17-6-8-19(9-7-17)32-14-2-5-21(29)33-27-18-10-12-28(13-11-18)34(30,31)20-4-1-3-16(15-20)22(24,25)26/h1,3-4,6-9,15H,2,5,10-14H2. The SMILES string of the molecule is O=C(CCCOc1ccc(F)cc1)ON=C1CCN(S(=O)(=O)c2cccc(C(F)(F)F)c2)CC1. The zero-order chi connectivity index (χ0) is 24.8. The van der Waals surface area contributed by atoms with Crippen LogP contribution in [0.5, 0.6) is 5.75 Å². The molecule has 1 fully saturated rings. The number of alkyl halides is 3. The first kappa shape index (κ1) is 25.6. The number of carbonyl (C=O) groups excluding carboxylic acids is 1. The molecule has 1 aliphatic heterocycles. The Morgan fingerprint density at radius 3 is 2.38 bits per heavy atom. The molecule has 1 heterocycles. The van der Waals surface area contributed by atoms with E-state index in [4.69, 9.17) is 9.57 Å². The summed E-state index contributed by atoms with van der Waals surface area (Å²) in [6, 6.07) is 9.06. The zero-order valence-corrected chi connectivity index (χ0v) is 18.7. The van der Waals surface area contributed by atoms with Crippen LogP contribution in [0.2, 0.25) is 0 Å². The number of rotatable bonds is 8. The van der Waals surface area contributed by atoms with Crippen molar-refractivity contribution in [3.8, 4) is 5.75 Å². The van der Waals surface area contributed by atoms with Gasteiger partial charge in [-0.2, -0.15) is 17.5 Å². The summed E-state index contributed by atoms with van der Waals surface area (Å²) in [5.41, 5.74) is -0.561. The number of ether oxygens (including phenoxy) is 1. The maximum absolute atomic E-state index is 12.9. The predicted molar refractivity (Wildman–Crippen MR) is 114 cm³/mol. The molecule has 0 saturated carbocycles. The van der Waals surface area contributed by atoms with Gasteiger partial charge in [-0.15, -0.1) is 0 Å². The summed E-state index contributed by atoms with van der Waals surface area (Å²) in [4.78, 5) is 16.3. The first-order valence-electron chi connectivity index (χ1n) is 10.4. The fourth-order valence-corrected chi connectivity index (χ4v) is 4.64. The van der Waals surface area contributed by atoms with Crippen LogP contribution in [0.3, 0.4) is 0 Å². The Labute approximate surface area is 194 Å². The van der Waals surface area contributed by atoms with Gasteiger partial charge in [-0.1, -0.05) is 11.2 Å². The highest BCUT2D eigenvalue weighted by molar-refractivity contribution is 7.89. The molecule has 0 aromatic heterocycles. The van der Waals surface area contributed by atoms with Crippen LogP contribution in [0.1, 0.15) is 31.2 Å². The largest absolute Gasteiger partial charge is 0.494 e. The lowest BCUT2D eigenvalue weighted by Gasteiger charge is -2.26. The smallest absolute Gasteiger partial charge is 0.416 e. The number of sulfonamides is 1. The van der Waals surface area contributed by atoms with E-state index in [1.165, 1.54) is 24.3 Å². The van der Waals surface area contributed by atoms with Crippen LogP contribution in [-0.2, 0) is 25.8 Å². The fraction of sp³-hybridized carbons (Fsp3) is 0.364. The first-order chi connectivity index (χ1) is 16.1. The van der Waals surface area contributed by atoms with Crippen molar-refractivity contribution in [3.63, 3.8) is 0 Å². The minimum absolute atomic E-state index is 0.000469. The number of hydrogen-bond donors (Lipinski definition) is 0. The van der Waals surface area contributed by atoms with Gasteiger partial charge in [0.25, 0.3) is 0 Å². The van der Waals surface area contributed by atoms with Gasteiger partial charge in [-0.25, -0.2) is 17.6 Å². The van der Waals surface area contributed by atoms with Crippen molar-refractivity contribution in [2.24, 2.45) is 5.16 Å². The molecular formula is C22H22F4N2O5S. The van der Waals surface area contributed by atoms with Gasteiger partial charge in [0.1, 0.15) is 11.6 Å². The van der Waals surface area contributed by atoms with Gasteiger partial charge in [0.05, 0.1) is 29.2 Å². The number of halogens is 4. The Morgan fingerprint density at radius 1 is 1.06 bits per heavy atom. The van der Waals surface area contributed by atoms with Crippen LogP contribution in [0.25, 0.3) is 0 Å². The quantitative estimate of drug-likeness (QED) is 0.231. The van der Waals surface area contributed by atoms with E-state index in [-0.39, 0.29) is 44.8 Å². The van der Waals surface area contributed by atoms with E-state index < -0.39 is 32.6 Å². The van der Waals surface area contributed by atoms with E-state index in [2.05, 4.69) is 5.16 Å². The van der Waals surface area contributed by atoms with Crippen molar-refractivity contribution in [1.29, 1.82) is 0 Å². The van der Waals surface area contributed by atoms with Crippen molar-refractivity contribution < 1.29 is 40.3 Å². The van der Waals surface area contributed by atoms with Crippen molar-refractivity contribution in [3.05, 3.63) is 59.9 Å². The molecule has 0 radical (unpaired) electrons. The van der Waals surface area contributed by atoms with Crippen LogP contribution < -0.4 is 4.74 Å². The second-order valence-electron chi connectivity index (χ2n) is 7.46. The summed E-state index contributed by atoms with van der Waals surface area (Å²) >= 11 is 0. The third kappa shape index (κ3) is 7.00. The molecule has 1 aliphatic rings. The lowest BCUT2D eigenvalue weighted by Crippen LogP contribution is -2.38. The van der Waals surface area contributed by atoms with E-state index in [0.29, 0.717) is 23.9 Å². The molecule has 0 amide bonds. The van der Waals surface area contributed by atoms with Gasteiger partial charge in [0.15, 0.2) is 0 Å². The van der Waals surface area contributed by atoms with Gasteiger partial charge >= 0.3 is 12.1 Å². The van der Waals surface area contributed by atoms with Crippen molar-refractivity contribution >= 4 is 21.7 Å². The Hall–Kier alpha value is -2.99. The maximum Gasteiger partial charge on any atom is 0.416 e. The number of benzene rings is 2. The normalized spacial score (nSPS) is 15.1. The van der Waals surface area contributed by atoms with E-state index in [0.717, 1.165) is 22.5 Å². The van der Waals surface area contributed by atoms with E-state index in [1.807, 2.05) is 0 Å². The summed E-state index contributed by atoms with van der Waals surface area (Å²) in [5.74, 6) is -0.495. The van der Waals surface area contributed by atoms with E-state index >= 15 is 0 Å². The summed E-state index contributed by atoms with van der Waals surface area (Å²) in [6.07, 6.45) is -3.90. The molecule has 0 atom stereocenters. The molecule has 7 nitrogen and oxygen atoms in total. The van der Waals surface area contributed by atoms with E-state index in [9.17, 15) is 30.8 Å². The molecule has 184 valence electrons. The van der Waals surface area contributed by atoms with Crippen LogP contribution in [0.4, 0.5) is 17.6 Å². The van der Waals surface area contributed by atoms with Gasteiger partial charge in [0.2, 0.25) is 10.0 Å². The minimum atomic E-state index is -4.65. The summed E-state index contributed by atoms with van der Waals surface area (Å²) < 4.78 is 83.4. The molecule has 3 rings (SSSR count). The monoisotopic (exact) mass is 502 g/mol. The number of nitrogens with zero attached hydrogens (tertiary/aromatic N) is 2. The van der Waals surface area contributed by atoms with Crippen LogP contribution >= 0.6 is 0 Å². The fourth-order valence-electron chi connectivity index (χ4n) is 3.16. The van der Waals surface area contributed by atoms with Crippen molar-refractivity contribution in [2.75, 3.05) is 19.7 Å². The second kappa shape index (κ2) is 11.0. The van der Waals surface area contributed by atoms with Crippen LogP contribution in [-0.4, -0.2) is 44.1 Å². The third-order valence-corrected chi connectivity index (χ3v) is 6.88. The predicted octanol–water partition coefficient (Wildman–Crippen LogP) is 4.39. The van der Waals surface area contributed by atoms with Gasteiger partial charge in [-0.05, 0) is 48.9 Å². The molecule has 0 bridgehead atoms. The van der Waals surface area contributed by atoms with Gasteiger partial charge in [0, 0.05) is 25.9 Å². The van der Waals surface area contributed by atoms with Gasteiger partial charge < -0.3 is 9.57 Å². The topological polar surface area (TPSA) is 85.3 Å². The molecule has 0 aliphatic carbocycles. The molecule has 2 aromatic rings. The average Bonchev–Trinajstić information content (AvgIpc) is 2.81. The number of carbonyl (C=O) groups is 1. The Kier molecular flexibility index (Phi) is 8.26. The minimum Gasteiger partial charge on any atom is -0.494 e. The molecule has 0 spiro atoms. The first-order valence-corrected chi connectivity index (χ1v) is 11.8.